The summed E-state index contributed by atoms with van der Waals surface area (Å²) in [7, 11) is 0. The molecule has 0 saturated carbocycles. The lowest BCUT2D eigenvalue weighted by Crippen LogP contribution is -2.14. The standard InChI is InChI=1S/C14H13F2NO/c15-12-4-2-1-3-10(12)11-7-9(14(17)8-18)5-6-13(11)16/h1-7,14,18H,8,17H2. The lowest BCUT2D eigenvalue weighted by molar-refractivity contribution is 0.268. The fraction of sp³-hybridized carbons (Fsp3) is 0.143. The first kappa shape index (κ1) is 12.7. The third-order valence-electron chi connectivity index (χ3n) is 2.78. The van der Waals surface area contributed by atoms with Gasteiger partial charge in [0, 0.05) is 11.1 Å². The van der Waals surface area contributed by atoms with Gasteiger partial charge in [-0.15, -0.1) is 0 Å². The summed E-state index contributed by atoms with van der Waals surface area (Å²) in [6.07, 6.45) is 0. The van der Waals surface area contributed by atoms with E-state index in [2.05, 4.69) is 0 Å². The largest absolute Gasteiger partial charge is 0.394 e. The molecule has 0 fully saturated rings. The highest BCUT2D eigenvalue weighted by Crippen LogP contribution is 2.27. The third-order valence-corrected chi connectivity index (χ3v) is 2.78. The van der Waals surface area contributed by atoms with Crippen molar-refractivity contribution >= 4 is 0 Å². The highest BCUT2D eigenvalue weighted by atomic mass is 19.1. The number of aliphatic hydroxyl groups is 1. The highest BCUT2D eigenvalue weighted by molar-refractivity contribution is 5.65. The van der Waals surface area contributed by atoms with Crippen molar-refractivity contribution in [2.45, 2.75) is 6.04 Å². The van der Waals surface area contributed by atoms with E-state index in [0.717, 1.165) is 0 Å². The van der Waals surface area contributed by atoms with Crippen LogP contribution < -0.4 is 5.73 Å². The predicted molar refractivity (Wildman–Crippen MR) is 65.8 cm³/mol. The molecule has 0 aliphatic carbocycles. The van der Waals surface area contributed by atoms with Crippen LogP contribution >= 0.6 is 0 Å². The summed E-state index contributed by atoms with van der Waals surface area (Å²) in [5, 5.41) is 8.98. The van der Waals surface area contributed by atoms with Crippen LogP contribution in [0, 0.1) is 11.6 Å². The first-order valence-electron chi connectivity index (χ1n) is 5.54. The van der Waals surface area contributed by atoms with Crippen LogP contribution in [0.1, 0.15) is 11.6 Å². The summed E-state index contributed by atoms with van der Waals surface area (Å²) in [4.78, 5) is 0. The average Bonchev–Trinajstić information content (AvgIpc) is 2.39. The molecule has 0 heterocycles. The first-order chi connectivity index (χ1) is 8.63. The Kier molecular flexibility index (Phi) is 3.69. The second-order valence-electron chi connectivity index (χ2n) is 4.01. The fourth-order valence-corrected chi connectivity index (χ4v) is 1.76. The van der Waals surface area contributed by atoms with Crippen LogP contribution in [0.5, 0.6) is 0 Å². The van der Waals surface area contributed by atoms with E-state index in [1.807, 2.05) is 0 Å². The van der Waals surface area contributed by atoms with Gasteiger partial charge in [0.05, 0.1) is 12.6 Å². The molecule has 0 radical (unpaired) electrons. The van der Waals surface area contributed by atoms with Gasteiger partial charge in [-0.05, 0) is 23.8 Å². The summed E-state index contributed by atoms with van der Waals surface area (Å²) in [6.45, 7) is -0.248. The van der Waals surface area contributed by atoms with Crippen molar-refractivity contribution in [3.8, 4) is 11.1 Å². The Labute approximate surface area is 104 Å². The zero-order valence-electron chi connectivity index (χ0n) is 9.61. The molecule has 2 aromatic carbocycles. The molecule has 2 nitrogen and oxygen atoms in total. The minimum atomic E-state index is -0.601. The predicted octanol–water partition coefficient (Wildman–Crippen LogP) is 2.62. The summed E-state index contributed by atoms with van der Waals surface area (Å²) >= 11 is 0. The molecule has 94 valence electrons. The SMILES string of the molecule is NC(CO)c1ccc(F)c(-c2ccccc2F)c1. The Morgan fingerprint density at radius 3 is 2.33 bits per heavy atom. The molecule has 2 aromatic rings. The molecular formula is C14H13F2NO. The molecule has 4 heteroatoms. The number of nitrogens with two attached hydrogens (primary N) is 1. The van der Waals surface area contributed by atoms with Crippen molar-refractivity contribution in [1.29, 1.82) is 0 Å². The molecule has 0 bridgehead atoms. The van der Waals surface area contributed by atoms with Gasteiger partial charge in [-0.3, -0.25) is 0 Å². The number of rotatable bonds is 3. The molecule has 18 heavy (non-hydrogen) atoms. The van der Waals surface area contributed by atoms with E-state index >= 15 is 0 Å². The van der Waals surface area contributed by atoms with Crippen LogP contribution in [0.2, 0.25) is 0 Å². The number of hydrogen-bond acceptors (Lipinski definition) is 2. The summed E-state index contributed by atoms with van der Waals surface area (Å²) < 4.78 is 27.4. The molecule has 0 amide bonds. The molecule has 1 atom stereocenters. The van der Waals surface area contributed by atoms with Gasteiger partial charge in [-0.1, -0.05) is 24.3 Å². The van der Waals surface area contributed by atoms with Crippen LogP contribution in [0.25, 0.3) is 11.1 Å². The minimum Gasteiger partial charge on any atom is -0.394 e. The van der Waals surface area contributed by atoms with E-state index in [4.69, 9.17) is 10.8 Å². The van der Waals surface area contributed by atoms with Crippen molar-refractivity contribution in [2.24, 2.45) is 5.73 Å². The number of aliphatic hydroxyl groups excluding tert-OH is 1. The van der Waals surface area contributed by atoms with Crippen molar-refractivity contribution in [3.63, 3.8) is 0 Å². The second kappa shape index (κ2) is 5.25. The quantitative estimate of drug-likeness (QED) is 0.878. The van der Waals surface area contributed by atoms with E-state index < -0.39 is 17.7 Å². The van der Waals surface area contributed by atoms with E-state index in [-0.39, 0.29) is 17.7 Å². The summed E-state index contributed by atoms with van der Waals surface area (Å²) in [5.74, 6) is -1.01. The van der Waals surface area contributed by atoms with E-state index in [9.17, 15) is 8.78 Å². The smallest absolute Gasteiger partial charge is 0.131 e. The van der Waals surface area contributed by atoms with Gasteiger partial charge in [0.25, 0.3) is 0 Å². The molecule has 0 saturated heterocycles. The van der Waals surface area contributed by atoms with Crippen molar-refractivity contribution in [1.82, 2.24) is 0 Å². The highest BCUT2D eigenvalue weighted by Gasteiger charge is 2.12. The maximum Gasteiger partial charge on any atom is 0.131 e. The van der Waals surface area contributed by atoms with Crippen LogP contribution in [-0.4, -0.2) is 11.7 Å². The fourth-order valence-electron chi connectivity index (χ4n) is 1.76. The molecule has 2 rings (SSSR count). The van der Waals surface area contributed by atoms with Gasteiger partial charge in [0.1, 0.15) is 11.6 Å². The molecule has 0 aromatic heterocycles. The zero-order chi connectivity index (χ0) is 13.1. The van der Waals surface area contributed by atoms with E-state index in [1.54, 1.807) is 12.1 Å². The zero-order valence-corrected chi connectivity index (χ0v) is 9.61. The first-order valence-corrected chi connectivity index (χ1v) is 5.54. The molecular weight excluding hydrogens is 236 g/mol. The normalized spacial score (nSPS) is 12.4. The van der Waals surface area contributed by atoms with Crippen molar-refractivity contribution < 1.29 is 13.9 Å². The topological polar surface area (TPSA) is 46.2 Å². The Hall–Kier alpha value is -1.78. The third kappa shape index (κ3) is 2.39. The maximum atomic E-state index is 13.7. The number of halogens is 2. The summed E-state index contributed by atoms with van der Waals surface area (Å²) in [6, 6.07) is 9.53. The van der Waals surface area contributed by atoms with E-state index in [1.165, 1.54) is 30.3 Å². The summed E-state index contributed by atoms with van der Waals surface area (Å²) in [5.41, 5.74) is 6.56. The molecule has 1 unspecified atom stereocenters. The molecule has 3 N–H and O–H groups in total. The lowest BCUT2D eigenvalue weighted by atomic mass is 9.99. The van der Waals surface area contributed by atoms with E-state index in [0.29, 0.717) is 5.56 Å². The van der Waals surface area contributed by atoms with Gasteiger partial charge in [-0.2, -0.15) is 0 Å². The van der Waals surface area contributed by atoms with Crippen LogP contribution in [0.3, 0.4) is 0 Å². The van der Waals surface area contributed by atoms with Gasteiger partial charge >= 0.3 is 0 Å². The molecule has 0 aliphatic rings. The maximum absolute atomic E-state index is 13.7. The molecule has 0 spiro atoms. The van der Waals surface area contributed by atoms with Crippen LogP contribution in [0.4, 0.5) is 8.78 Å². The number of benzene rings is 2. The Bertz CT molecular complexity index is 557. The average molecular weight is 249 g/mol. The van der Waals surface area contributed by atoms with Crippen LogP contribution in [-0.2, 0) is 0 Å². The lowest BCUT2D eigenvalue weighted by Gasteiger charge is -2.12. The van der Waals surface area contributed by atoms with Gasteiger partial charge < -0.3 is 10.8 Å². The van der Waals surface area contributed by atoms with Crippen LogP contribution in [0.15, 0.2) is 42.5 Å². The monoisotopic (exact) mass is 249 g/mol. The number of hydrogen-bond donors (Lipinski definition) is 2. The van der Waals surface area contributed by atoms with Crippen molar-refractivity contribution in [3.05, 3.63) is 59.7 Å². The van der Waals surface area contributed by atoms with Gasteiger partial charge in [0.15, 0.2) is 0 Å². The molecule has 0 aliphatic heterocycles. The Morgan fingerprint density at radius 2 is 1.67 bits per heavy atom. The Balaban J connectivity index is 2.54. The van der Waals surface area contributed by atoms with Gasteiger partial charge in [-0.25, -0.2) is 8.78 Å². The Morgan fingerprint density at radius 1 is 1.00 bits per heavy atom. The van der Waals surface area contributed by atoms with Gasteiger partial charge in [0.2, 0.25) is 0 Å². The second-order valence-corrected chi connectivity index (χ2v) is 4.01. The minimum absolute atomic E-state index is 0.148. The van der Waals surface area contributed by atoms with Crippen molar-refractivity contribution in [2.75, 3.05) is 6.61 Å².